The Morgan fingerprint density at radius 1 is 1.37 bits per heavy atom. The molecule has 0 heterocycles. The average molecular weight is 331 g/mol. The Kier molecular flexibility index (Phi) is 7.28. The predicted octanol–water partition coefficient (Wildman–Crippen LogP) is 2.74. The van der Waals surface area contributed by atoms with Crippen molar-refractivity contribution in [1.82, 2.24) is 0 Å². The lowest BCUT2D eigenvalue weighted by molar-refractivity contribution is 0.0980. The van der Waals surface area contributed by atoms with Crippen molar-refractivity contribution in [3.63, 3.8) is 0 Å². The highest BCUT2D eigenvalue weighted by Gasteiger charge is 2.09. The van der Waals surface area contributed by atoms with Crippen LogP contribution in [-0.4, -0.2) is 30.9 Å². The van der Waals surface area contributed by atoms with Gasteiger partial charge in [-0.1, -0.05) is 34.4 Å². The van der Waals surface area contributed by atoms with Gasteiger partial charge in [0.25, 0.3) is 0 Å². The summed E-state index contributed by atoms with van der Waals surface area (Å²) < 4.78 is 11.9. The molecule has 0 saturated heterocycles. The molecule has 5 nitrogen and oxygen atoms in total. The normalized spacial score (nSPS) is 11.6. The Morgan fingerprint density at radius 3 is 2.84 bits per heavy atom. The minimum absolute atomic E-state index is 0.0226. The van der Waals surface area contributed by atoms with E-state index < -0.39 is 0 Å². The van der Waals surface area contributed by atoms with Crippen molar-refractivity contribution in [2.45, 2.75) is 19.8 Å². The summed E-state index contributed by atoms with van der Waals surface area (Å²) in [6.07, 6.45) is 2.16. The number of hydrogen-bond donors (Lipinski definition) is 2. The van der Waals surface area contributed by atoms with Gasteiger partial charge >= 0.3 is 0 Å². The summed E-state index contributed by atoms with van der Waals surface area (Å²) in [5, 5.41) is 11.7. The molecule has 0 unspecified atom stereocenters. The molecule has 0 fully saturated rings. The lowest BCUT2D eigenvalue weighted by atomic mass is 10.2. The second kappa shape index (κ2) is 8.77. The molecule has 0 radical (unpaired) electrons. The molecule has 0 saturated carbocycles. The molecule has 0 aliphatic heterocycles. The number of amidine groups is 1. The standard InChI is InChI=1S/C13H19BrN2O3/c1-2-3-6-18-7-8-19-12-9-10(14)4-5-11(12)13(15)16-17/h4-5,9,17H,2-3,6-8H2,1H3,(H2,15,16). The maximum absolute atomic E-state index is 8.72. The summed E-state index contributed by atoms with van der Waals surface area (Å²) >= 11 is 3.36. The molecule has 106 valence electrons. The molecule has 0 aliphatic carbocycles. The molecule has 1 rings (SSSR count). The van der Waals surface area contributed by atoms with Crippen molar-refractivity contribution in [2.24, 2.45) is 10.9 Å². The zero-order valence-corrected chi connectivity index (χ0v) is 12.5. The Hall–Kier alpha value is -1.27. The van der Waals surface area contributed by atoms with Crippen molar-refractivity contribution in [1.29, 1.82) is 0 Å². The molecular weight excluding hydrogens is 312 g/mol. The van der Waals surface area contributed by atoms with E-state index in [0.29, 0.717) is 24.5 Å². The summed E-state index contributed by atoms with van der Waals surface area (Å²) in [5.74, 6) is 0.582. The maximum atomic E-state index is 8.72. The van der Waals surface area contributed by atoms with Crippen LogP contribution in [0.2, 0.25) is 0 Å². The van der Waals surface area contributed by atoms with Crippen LogP contribution >= 0.6 is 15.9 Å². The molecular formula is C13H19BrN2O3. The van der Waals surface area contributed by atoms with Gasteiger partial charge in [-0.3, -0.25) is 0 Å². The maximum Gasteiger partial charge on any atom is 0.173 e. The first kappa shape index (κ1) is 15.8. The van der Waals surface area contributed by atoms with Gasteiger partial charge < -0.3 is 20.4 Å². The molecule has 0 amide bonds. The van der Waals surface area contributed by atoms with Gasteiger partial charge in [0.2, 0.25) is 0 Å². The van der Waals surface area contributed by atoms with E-state index in [0.717, 1.165) is 23.9 Å². The van der Waals surface area contributed by atoms with Crippen molar-refractivity contribution in [2.75, 3.05) is 19.8 Å². The first-order valence-electron chi connectivity index (χ1n) is 6.17. The minimum Gasteiger partial charge on any atom is -0.490 e. The van der Waals surface area contributed by atoms with Gasteiger partial charge in [0.15, 0.2) is 5.84 Å². The quantitative estimate of drug-likeness (QED) is 0.252. The zero-order valence-electron chi connectivity index (χ0n) is 10.9. The first-order valence-corrected chi connectivity index (χ1v) is 6.96. The molecule has 0 aliphatic rings. The second-order valence-electron chi connectivity index (χ2n) is 3.94. The number of ether oxygens (including phenoxy) is 2. The van der Waals surface area contributed by atoms with Crippen LogP contribution < -0.4 is 10.5 Å². The van der Waals surface area contributed by atoms with Crippen LogP contribution in [0.15, 0.2) is 27.8 Å². The van der Waals surface area contributed by atoms with Crippen LogP contribution in [-0.2, 0) is 4.74 Å². The lowest BCUT2D eigenvalue weighted by Crippen LogP contribution is -2.16. The zero-order chi connectivity index (χ0) is 14.1. The fourth-order valence-corrected chi connectivity index (χ4v) is 1.78. The Bertz CT molecular complexity index is 424. The van der Waals surface area contributed by atoms with Crippen LogP contribution in [0.5, 0.6) is 5.75 Å². The third-order valence-corrected chi connectivity index (χ3v) is 2.95. The van der Waals surface area contributed by atoms with E-state index in [-0.39, 0.29) is 5.84 Å². The van der Waals surface area contributed by atoms with Crippen molar-refractivity contribution in [3.05, 3.63) is 28.2 Å². The minimum atomic E-state index is 0.0226. The third kappa shape index (κ3) is 5.48. The van der Waals surface area contributed by atoms with E-state index >= 15 is 0 Å². The third-order valence-electron chi connectivity index (χ3n) is 2.45. The van der Waals surface area contributed by atoms with E-state index in [1.807, 2.05) is 0 Å². The van der Waals surface area contributed by atoms with E-state index in [2.05, 4.69) is 28.0 Å². The van der Waals surface area contributed by atoms with Gasteiger partial charge in [0.05, 0.1) is 12.2 Å². The highest BCUT2D eigenvalue weighted by molar-refractivity contribution is 9.10. The van der Waals surface area contributed by atoms with Crippen LogP contribution in [0.25, 0.3) is 0 Å². The average Bonchev–Trinajstić information content (AvgIpc) is 2.42. The van der Waals surface area contributed by atoms with Crippen LogP contribution in [0.3, 0.4) is 0 Å². The highest BCUT2D eigenvalue weighted by atomic mass is 79.9. The van der Waals surface area contributed by atoms with Gasteiger partial charge in [-0.15, -0.1) is 0 Å². The summed E-state index contributed by atoms with van der Waals surface area (Å²) in [7, 11) is 0. The van der Waals surface area contributed by atoms with Crippen molar-refractivity contribution < 1.29 is 14.7 Å². The van der Waals surface area contributed by atoms with E-state index in [1.54, 1.807) is 18.2 Å². The number of rotatable bonds is 8. The monoisotopic (exact) mass is 330 g/mol. The molecule has 0 bridgehead atoms. The smallest absolute Gasteiger partial charge is 0.173 e. The largest absolute Gasteiger partial charge is 0.490 e. The molecule has 6 heteroatoms. The number of nitrogens with zero attached hydrogens (tertiary/aromatic N) is 1. The molecule has 1 aromatic carbocycles. The molecule has 19 heavy (non-hydrogen) atoms. The van der Waals surface area contributed by atoms with E-state index in [1.165, 1.54) is 0 Å². The van der Waals surface area contributed by atoms with Gasteiger partial charge in [0.1, 0.15) is 12.4 Å². The predicted molar refractivity (Wildman–Crippen MR) is 77.9 cm³/mol. The molecule has 0 spiro atoms. The highest BCUT2D eigenvalue weighted by Crippen LogP contribution is 2.23. The summed E-state index contributed by atoms with van der Waals surface area (Å²) in [6, 6.07) is 5.31. The number of oxime groups is 1. The van der Waals surface area contributed by atoms with Crippen LogP contribution in [0, 0.1) is 0 Å². The van der Waals surface area contributed by atoms with Gasteiger partial charge in [0, 0.05) is 11.1 Å². The molecule has 0 aromatic heterocycles. The van der Waals surface area contributed by atoms with Crippen molar-refractivity contribution in [3.8, 4) is 5.75 Å². The van der Waals surface area contributed by atoms with E-state index in [4.69, 9.17) is 20.4 Å². The first-order chi connectivity index (χ1) is 9.19. The van der Waals surface area contributed by atoms with Crippen LogP contribution in [0.4, 0.5) is 0 Å². The van der Waals surface area contributed by atoms with Gasteiger partial charge in [-0.25, -0.2) is 0 Å². The second-order valence-corrected chi connectivity index (χ2v) is 4.86. The van der Waals surface area contributed by atoms with Crippen LogP contribution in [0.1, 0.15) is 25.3 Å². The number of unbranched alkanes of at least 4 members (excludes halogenated alkanes) is 1. The van der Waals surface area contributed by atoms with Crippen molar-refractivity contribution >= 4 is 21.8 Å². The molecule has 0 atom stereocenters. The Labute approximate surface area is 121 Å². The Balaban J connectivity index is 2.54. The Morgan fingerprint density at radius 2 is 2.16 bits per heavy atom. The number of halogens is 1. The van der Waals surface area contributed by atoms with E-state index in [9.17, 15) is 0 Å². The summed E-state index contributed by atoms with van der Waals surface area (Å²) in [6.45, 7) is 3.80. The number of nitrogens with two attached hydrogens (primary N) is 1. The molecule has 3 N–H and O–H groups in total. The fraction of sp³-hybridized carbons (Fsp3) is 0.462. The SMILES string of the molecule is CCCCOCCOc1cc(Br)ccc1/C(N)=N/O. The topological polar surface area (TPSA) is 77.1 Å². The summed E-state index contributed by atoms with van der Waals surface area (Å²) in [4.78, 5) is 0. The van der Waals surface area contributed by atoms with Gasteiger partial charge in [-0.05, 0) is 24.6 Å². The fourth-order valence-electron chi connectivity index (χ4n) is 1.44. The van der Waals surface area contributed by atoms with Gasteiger partial charge in [-0.2, -0.15) is 0 Å². The summed E-state index contributed by atoms with van der Waals surface area (Å²) in [5.41, 5.74) is 6.14. The molecule has 1 aromatic rings. The number of benzene rings is 1. The number of hydrogen-bond acceptors (Lipinski definition) is 4. The lowest BCUT2D eigenvalue weighted by Gasteiger charge is -2.11.